The highest BCUT2D eigenvalue weighted by molar-refractivity contribution is 5.31. The van der Waals surface area contributed by atoms with Gasteiger partial charge in [0.2, 0.25) is 0 Å². The summed E-state index contributed by atoms with van der Waals surface area (Å²) in [7, 11) is 0. The minimum atomic E-state index is -0.583. The molecule has 0 bridgehead atoms. The van der Waals surface area contributed by atoms with E-state index in [4.69, 9.17) is 14.7 Å². The number of hydrogen-bond acceptors (Lipinski definition) is 4. The Balaban J connectivity index is 0.00000211. The van der Waals surface area contributed by atoms with Crippen molar-refractivity contribution in [2.45, 2.75) is 60.0 Å². The van der Waals surface area contributed by atoms with Crippen LogP contribution in [0.15, 0.2) is 24.3 Å². The average Bonchev–Trinajstić information content (AvgIpc) is 2.50. The van der Waals surface area contributed by atoms with Crippen LogP contribution in [0.2, 0.25) is 0 Å². The van der Waals surface area contributed by atoms with E-state index in [1.165, 1.54) is 0 Å². The zero-order chi connectivity index (χ0) is 17.0. The molecule has 0 amide bonds. The van der Waals surface area contributed by atoms with E-state index < -0.39 is 5.60 Å². The summed E-state index contributed by atoms with van der Waals surface area (Å²) in [4.78, 5) is 4.36. The molecule has 0 aromatic heterocycles. The van der Waals surface area contributed by atoms with Crippen LogP contribution in [-0.2, 0) is 4.89 Å². The highest BCUT2D eigenvalue weighted by atomic mass is 17.1. The van der Waals surface area contributed by atoms with Gasteiger partial charge in [0.1, 0.15) is 17.1 Å². The van der Waals surface area contributed by atoms with Gasteiger partial charge < -0.3 is 9.47 Å². The molecule has 128 valence electrons. The molecule has 0 unspecified atom stereocenters. The third kappa shape index (κ3) is 9.64. The highest BCUT2D eigenvalue weighted by Crippen LogP contribution is 2.19. The van der Waals surface area contributed by atoms with Crippen LogP contribution < -0.4 is 9.47 Å². The molecular formula is C18H32O4. The topological polar surface area (TPSA) is 47.9 Å². The van der Waals surface area contributed by atoms with E-state index in [1.807, 2.05) is 52.0 Å². The maximum absolute atomic E-state index is 8.68. The zero-order valence-corrected chi connectivity index (χ0v) is 14.9. The molecule has 0 aliphatic heterocycles. The molecule has 1 N–H and O–H groups in total. The molecule has 0 heterocycles. The Morgan fingerprint density at radius 2 is 1.41 bits per heavy atom. The van der Waals surface area contributed by atoms with Gasteiger partial charge >= 0.3 is 0 Å². The Bertz CT molecular complexity index is 371. The molecule has 1 aromatic carbocycles. The summed E-state index contributed by atoms with van der Waals surface area (Å²) in [5.41, 5.74) is -0.583. The van der Waals surface area contributed by atoms with E-state index in [0.717, 1.165) is 24.5 Å². The molecule has 22 heavy (non-hydrogen) atoms. The van der Waals surface area contributed by atoms with E-state index >= 15 is 0 Å². The Morgan fingerprint density at radius 1 is 0.955 bits per heavy atom. The lowest BCUT2D eigenvalue weighted by molar-refractivity contribution is -0.315. The quantitative estimate of drug-likeness (QED) is 0.504. The Labute approximate surface area is 135 Å². The lowest BCUT2D eigenvalue weighted by atomic mass is 10.1. The molecule has 0 spiro atoms. The molecule has 4 nitrogen and oxygen atoms in total. The number of ether oxygens (including phenoxy) is 2. The van der Waals surface area contributed by atoms with Crippen LogP contribution in [-0.4, -0.2) is 24.1 Å². The van der Waals surface area contributed by atoms with Crippen LogP contribution in [0.25, 0.3) is 0 Å². The lowest BCUT2D eigenvalue weighted by Gasteiger charge is -2.20. The minimum Gasteiger partial charge on any atom is -0.494 e. The SMILES string of the molecule is CC.CC(C)CCOc1ccc(OCCC(C)(C)OO)cc1. The van der Waals surface area contributed by atoms with Crippen LogP contribution in [0.3, 0.4) is 0 Å². The molecule has 0 atom stereocenters. The largest absolute Gasteiger partial charge is 0.494 e. The fraction of sp³-hybridized carbons (Fsp3) is 0.667. The second kappa shape index (κ2) is 11.3. The van der Waals surface area contributed by atoms with Crippen molar-refractivity contribution < 1.29 is 19.6 Å². The van der Waals surface area contributed by atoms with Crippen molar-refractivity contribution in [1.82, 2.24) is 0 Å². The standard InChI is InChI=1S/C16H26O4.C2H6/c1-13(2)9-11-18-14-5-7-15(8-6-14)19-12-10-16(3,4)20-17;1-2/h5-8,13,17H,9-12H2,1-4H3;1-2H3. The lowest BCUT2D eigenvalue weighted by Crippen LogP contribution is -2.25. The van der Waals surface area contributed by atoms with Crippen molar-refractivity contribution in [1.29, 1.82) is 0 Å². The van der Waals surface area contributed by atoms with E-state index in [-0.39, 0.29) is 0 Å². The number of benzene rings is 1. The van der Waals surface area contributed by atoms with Gasteiger partial charge in [-0.2, -0.15) is 0 Å². The monoisotopic (exact) mass is 312 g/mol. The molecule has 1 rings (SSSR count). The molecule has 0 aliphatic rings. The molecule has 0 saturated heterocycles. The van der Waals surface area contributed by atoms with Crippen LogP contribution in [0.5, 0.6) is 11.5 Å². The van der Waals surface area contributed by atoms with E-state index in [2.05, 4.69) is 18.7 Å². The molecule has 0 aliphatic carbocycles. The fourth-order valence-electron chi connectivity index (χ4n) is 1.50. The maximum atomic E-state index is 8.68. The van der Waals surface area contributed by atoms with Crippen LogP contribution in [0.1, 0.15) is 54.4 Å². The first-order chi connectivity index (χ1) is 10.4. The van der Waals surface area contributed by atoms with Crippen molar-refractivity contribution in [2.24, 2.45) is 5.92 Å². The summed E-state index contributed by atoms with van der Waals surface area (Å²) in [5, 5.41) is 8.68. The minimum absolute atomic E-state index is 0.487. The van der Waals surface area contributed by atoms with Crippen molar-refractivity contribution in [3.63, 3.8) is 0 Å². The summed E-state index contributed by atoms with van der Waals surface area (Å²) < 4.78 is 11.2. The summed E-state index contributed by atoms with van der Waals surface area (Å²) in [6.07, 6.45) is 1.66. The van der Waals surface area contributed by atoms with Gasteiger partial charge in [0.25, 0.3) is 0 Å². The number of rotatable bonds is 9. The van der Waals surface area contributed by atoms with Gasteiger partial charge in [-0.15, -0.1) is 0 Å². The number of hydrogen-bond donors (Lipinski definition) is 1. The zero-order valence-electron chi connectivity index (χ0n) is 14.9. The summed E-state index contributed by atoms with van der Waals surface area (Å²) in [6, 6.07) is 7.59. The molecule has 0 fully saturated rings. The molecule has 4 heteroatoms. The predicted molar refractivity (Wildman–Crippen MR) is 90.6 cm³/mol. The third-order valence-electron chi connectivity index (χ3n) is 3.01. The summed E-state index contributed by atoms with van der Waals surface area (Å²) >= 11 is 0. The molecule has 1 aromatic rings. The fourth-order valence-corrected chi connectivity index (χ4v) is 1.50. The first-order valence-electron chi connectivity index (χ1n) is 8.11. The van der Waals surface area contributed by atoms with Crippen LogP contribution >= 0.6 is 0 Å². The Hall–Kier alpha value is -1.26. The smallest absolute Gasteiger partial charge is 0.119 e. The summed E-state index contributed by atoms with van der Waals surface area (Å²) in [6.45, 7) is 13.2. The van der Waals surface area contributed by atoms with Crippen molar-refractivity contribution in [2.75, 3.05) is 13.2 Å². The third-order valence-corrected chi connectivity index (χ3v) is 3.01. The Morgan fingerprint density at radius 3 is 1.82 bits per heavy atom. The van der Waals surface area contributed by atoms with Crippen molar-refractivity contribution in [3.05, 3.63) is 24.3 Å². The first kappa shape index (κ1) is 20.7. The second-order valence-electron chi connectivity index (χ2n) is 5.95. The van der Waals surface area contributed by atoms with Gasteiger partial charge in [-0.05, 0) is 50.5 Å². The van der Waals surface area contributed by atoms with Crippen molar-refractivity contribution >= 4 is 0 Å². The van der Waals surface area contributed by atoms with Gasteiger partial charge in [-0.3, -0.25) is 5.26 Å². The Kier molecular flexibility index (Phi) is 10.7. The van der Waals surface area contributed by atoms with E-state index in [9.17, 15) is 0 Å². The first-order valence-corrected chi connectivity index (χ1v) is 8.11. The van der Waals surface area contributed by atoms with Crippen molar-refractivity contribution in [3.8, 4) is 11.5 Å². The van der Waals surface area contributed by atoms with Crippen LogP contribution in [0, 0.1) is 5.92 Å². The highest BCUT2D eigenvalue weighted by Gasteiger charge is 2.18. The van der Waals surface area contributed by atoms with Crippen LogP contribution in [0.4, 0.5) is 0 Å². The normalized spacial score (nSPS) is 10.9. The maximum Gasteiger partial charge on any atom is 0.119 e. The van der Waals surface area contributed by atoms with Gasteiger partial charge in [-0.1, -0.05) is 27.7 Å². The predicted octanol–water partition coefficient (Wildman–Crippen LogP) is 5.17. The average molecular weight is 312 g/mol. The summed E-state index contributed by atoms with van der Waals surface area (Å²) in [5.74, 6) is 2.29. The van der Waals surface area contributed by atoms with Gasteiger partial charge in [-0.25, -0.2) is 4.89 Å². The molecular weight excluding hydrogens is 280 g/mol. The van der Waals surface area contributed by atoms with E-state index in [0.29, 0.717) is 18.9 Å². The van der Waals surface area contributed by atoms with Gasteiger partial charge in [0, 0.05) is 6.42 Å². The van der Waals surface area contributed by atoms with Gasteiger partial charge in [0.15, 0.2) is 0 Å². The van der Waals surface area contributed by atoms with E-state index in [1.54, 1.807) is 0 Å². The molecule has 0 radical (unpaired) electrons. The van der Waals surface area contributed by atoms with Gasteiger partial charge in [0.05, 0.1) is 13.2 Å². The molecule has 0 saturated carbocycles. The second-order valence-corrected chi connectivity index (χ2v) is 5.95.